The summed E-state index contributed by atoms with van der Waals surface area (Å²) in [4.78, 5) is 24.9. The van der Waals surface area contributed by atoms with E-state index in [1.807, 2.05) is 0 Å². The number of rotatable bonds is 3. The third-order valence-corrected chi connectivity index (χ3v) is 4.50. The van der Waals surface area contributed by atoms with Crippen LogP contribution in [0.15, 0.2) is 18.5 Å². The molecule has 0 bridgehead atoms. The van der Waals surface area contributed by atoms with E-state index in [0.717, 1.165) is 39.1 Å². The highest BCUT2D eigenvalue weighted by Gasteiger charge is 2.31. The smallest absolute Gasteiger partial charge is 0.225 e. The van der Waals surface area contributed by atoms with Gasteiger partial charge in [-0.1, -0.05) is 0 Å². The molecule has 7 nitrogen and oxygen atoms in total. The zero-order valence-electron chi connectivity index (χ0n) is 12.7. The third kappa shape index (κ3) is 3.53. The summed E-state index contributed by atoms with van der Waals surface area (Å²) in [7, 11) is 0. The van der Waals surface area contributed by atoms with Gasteiger partial charge in [0.2, 0.25) is 11.9 Å². The van der Waals surface area contributed by atoms with Crippen molar-refractivity contribution in [3.63, 3.8) is 0 Å². The molecule has 0 spiro atoms. The SMILES string of the molecule is NC(=O)[C@H]1CN(c2ncccn2)CCN(C2CCOCC2)C1. The van der Waals surface area contributed by atoms with Crippen LogP contribution < -0.4 is 10.6 Å². The first-order chi connectivity index (χ1) is 10.7. The first-order valence-corrected chi connectivity index (χ1v) is 7.87. The maximum absolute atomic E-state index is 11.8. The largest absolute Gasteiger partial charge is 0.381 e. The Morgan fingerprint density at radius 3 is 2.59 bits per heavy atom. The zero-order chi connectivity index (χ0) is 15.4. The maximum Gasteiger partial charge on any atom is 0.225 e. The van der Waals surface area contributed by atoms with E-state index in [0.29, 0.717) is 25.1 Å². The van der Waals surface area contributed by atoms with Gasteiger partial charge in [0, 0.05) is 57.8 Å². The van der Waals surface area contributed by atoms with Gasteiger partial charge in [-0.2, -0.15) is 0 Å². The van der Waals surface area contributed by atoms with Crippen LogP contribution in [-0.4, -0.2) is 66.2 Å². The van der Waals surface area contributed by atoms with Gasteiger partial charge in [0.05, 0.1) is 5.92 Å². The molecular weight excluding hydrogens is 282 g/mol. The second-order valence-electron chi connectivity index (χ2n) is 5.93. The van der Waals surface area contributed by atoms with Crippen LogP contribution in [-0.2, 0) is 9.53 Å². The van der Waals surface area contributed by atoms with Crippen molar-refractivity contribution >= 4 is 11.9 Å². The molecule has 0 aliphatic carbocycles. The van der Waals surface area contributed by atoms with Crippen LogP contribution in [0.25, 0.3) is 0 Å². The van der Waals surface area contributed by atoms with Crippen molar-refractivity contribution in [3.05, 3.63) is 18.5 Å². The standard InChI is InChI=1S/C15H23N5O2/c16-14(21)12-10-19(13-2-8-22-9-3-13)6-7-20(11-12)15-17-4-1-5-18-15/h1,4-5,12-13H,2-3,6-11H2,(H2,16,21)/t12-/m1/s1. The van der Waals surface area contributed by atoms with Crippen LogP contribution in [0.3, 0.4) is 0 Å². The number of ether oxygens (including phenoxy) is 1. The van der Waals surface area contributed by atoms with E-state index in [1.54, 1.807) is 18.5 Å². The molecule has 7 heteroatoms. The number of primary amides is 1. The maximum atomic E-state index is 11.8. The molecule has 22 heavy (non-hydrogen) atoms. The van der Waals surface area contributed by atoms with Gasteiger partial charge in [0.1, 0.15) is 0 Å². The molecule has 2 aliphatic heterocycles. The number of nitrogens with zero attached hydrogens (tertiary/aromatic N) is 4. The Kier molecular flexibility index (Phi) is 4.84. The Bertz CT molecular complexity index is 492. The monoisotopic (exact) mass is 305 g/mol. The van der Waals surface area contributed by atoms with Crippen molar-refractivity contribution in [2.24, 2.45) is 11.7 Å². The van der Waals surface area contributed by atoms with Gasteiger partial charge in [-0.05, 0) is 18.9 Å². The van der Waals surface area contributed by atoms with Crippen molar-refractivity contribution in [1.82, 2.24) is 14.9 Å². The molecule has 3 heterocycles. The average Bonchev–Trinajstić information content (AvgIpc) is 2.80. The van der Waals surface area contributed by atoms with Crippen molar-refractivity contribution in [2.75, 3.05) is 44.3 Å². The normalized spacial score (nSPS) is 24.9. The van der Waals surface area contributed by atoms with E-state index >= 15 is 0 Å². The fourth-order valence-corrected chi connectivity index (χ4v) is 3.24. The number of aromatic nitrogens is 2. The average molecular weight is 305 g/mol. The first kappa shape index (κ1) is 15.2. The molecule has 1 aromatic rings. The highest BCUT2D eigenvalue weighted by atomic mass is 16.5. The summed E-state index contributed by atoms with van der Waals surface area (Å²) in [5.74, 6) is 0.219. The lowest BCUT2D eigenvalue weighted by molar-refractivity contribution is -0.122. The Balaban J connectivity index is 1.74. The van der Waals surface area contributed by atoms with Gasteiger partial charge in [-0.25, -0.2) is 9.97 Å². The molecule has 1 aromatic heterocycles. The number of amides is 1. The van der Waals surface area contributed by atoms with E-state index < -0.39 is 0 Å². The van der Waals surface area contributed by atoms with Crippen molar-refractivity contribution in [1.29, 1.82) is 0 Å². The van der Waals surface area contributed by atoms with Crippen LogP contribution >= 0.6 is 0 Å². The molecule has 0 saturated carbocycles. The molecule has 0 radical (unpaired) electrons. The number of carbonyl (C=O) groups excluding carboxylic acids is 1. The van der Waals surface area contributed by atoms with Gasteiger partial charge in [0.25, 0.3) is 0 Å². The molecular formula is C15H23N5O2. The number of hydrogen-bond donors (Lipinski definition) is 1. The van der Waals surface area contributed by atoms with Gasteiger partial charge in [-0.3, -0.25) is 9.69 Å². The Hall–Kier alpha value is -1.73. The Morgan fingerprint density at radius 2 is 1.91 bits per heavy atom. The molecule has 0 unspecified atom stereocenters. The fraction of sp³-hybridized carbons (Fsp3) is 0.667. The van der Waals surface area contributed by atoms with Crippen molar-refractivity contribution in [3.8, 4) is 0 Å². The second kappa shape index (κ2) is 7.02. The number of nitrogens with two attached hydrogens (primary N) is 1. The molecule has 2 fully saturated rings. The lowest BCUT2D eigenvalue weighted by Crippen LogP contribution is -2.44. The van der Waals surface area contributed by atoms with Crippen LogP contribution in [0.5, 0.6) is 0 Å². The zero-order valence-corrected chi connectivity index (χ0v) is 12.7. The molecule has 1 atom stereocenters. The Morgan fingerprint density at radius 1 is 1.18 bits per heavy atom. The summed E-state index contributed by atoms with van der Waals surface area (Å²) in [6.45, 7) is 4.60. The first-order valence-electron chi connectivity index (χ1n) is 7.87. The van der Waals surface area contributed by atoms with Crippen LogP contribution in [0.2, 0.25) is 0 Å². The van der Waals surface area contributed by atoms with Crippen molar-refractivity contribution < 1.29 is 9.53 Å². The summed E-state index contributed by atoms with van der Waals surface area (Å²) in [6, 6.07) is 2.27. The summed E-state index contributed by atoms with van der Waals surface area (Å²) >= 11 is 0. The van der Waals surface area contributed by atoms with Crippen molar-refractivity contribution in [2.45, 2.75) is 18.9 Å². The number of carbonyl (C=O) groups is 1. The molecule has 1 amide bonds. The minimum absolute atomic E-state index is 0.200. The molecule has 3 rings (SSSR count). The van der Waals surface area contributed by atoms with Gasteiger partial charge < -0.3 is 15.4 Å². The summed E-state index contributed by atoms with van der Waals surface area (Å²) in [5.41, 5.74) is 5.61. The fourth-order valence-electron chi connectivity index (χ4n) is 3.24. The molecule has 2 N–H and O–H groups in total. The molecule has 0 aromatic carbocycles. The summed E-state index contributed by atoms with van der Waals surface area (Å²) < 4.78 is 5.44. The van der Waals surface area contributed by atoms with Gasteiger partial charge in [-0.15, -0.1) is 0 Å². The number of anilines is 1. The van der Waals surface area contributed by atoms with Gasteiger partial charge >= 0.3 is 0 Å². The van der Waals surface area contributed by atoms with Crippen LogP contribution in [0, 0.1) is 5.92 Å². The van der Waals surface area contributed by atoms with Gasteiger partial charge in [0.15, 0.2) is 0 Å². The predicted molar refractivity (Wildman–Crippen MR) is 82.3 cm³/mol. The quantitative estimate of drug-likeness (QED) is 0.838. The minimum Gasteiger partial charge on any atom is -0.381 e. The summed E-state index contributed by atoms with van der Waals surface area (Å²) in [5, 5.41) is 0. The lowest BCUT2D eigenvalue weighted by Gasteiger charge is -2.34. The van der Waals surface area contributed by atoms with E-state index in [1.165, 1.54) is 0 Å². The molecule has 2 saturated heterocycles. The summed E-state index contributed by atoms with van der Waals surface area (Å²) in [6.07, 6.45) is 5.49. The topological polar surface area (TPSA) is 84.6 Å². The van der Waals surface area contributed by atoms with E-state index in [2.05, 4.69) is 19.8 Å². The lowest BCUT2D eigenvalue weighted by atomic mass is 10.0. The number of hydrogen-bond acceptors (Lipinski definition) is 6. The van der Waals surface area contributed by atoms with E-state index in [-0.39, 0.29) is 11.8 Å². The highest BCUT2D eigenvalue weighted by Crippen LogP contribution is 2.20. The second-order valence-corrected chi connectivity index (χ2v) is 5.93. The third-order valence-electron chi connectivity index (χ3n) is 4.50. The molecule has 2 aliphatic rings. The molecule has 120 valence electrons. The van der Waals surface area contributed by atoms with E-state index in [9.17, 15) is 4.79 Å². The van der Waals surface area contributed by atoms with E-state index in [4.69, 9.17) is 10.5 Å². The highest BCUT2D eigenvalue weighted by molar-refractivity contribution is 5.77. The predicted octanol–water partition coefficient (Wildman–Crippen LogP) is -0.121. The van der Waals surface area contributed by atoms with Crippen LogP contribution in [0.4, 0.5) is 5.95 Å². The minimum atomic E-state index is -0.250. The Labute approximate surface area is 130 Å². The van der Waals surface area contributed by atoms with Crippen LogP contribution in [0.1, 0.15) is 12.8 Å².